The lowest BCUT2D eigenvalue weighted by atomic mass is 10.0. The number of allylic oxidation sites excluding steroid dienone is 2. The third-order valence-electron chi connectivity index (χ3n) is 6.20. The summed E-state index contributed by atoms with van der Waals surface area (Å²) >= 11 is 0. The van der Waals surface area contributed by atoms with Gasteiger partial charge in [0.1, 0.15) is 0 Å². The maximum atomic E-state index is 13.7. The number of amides is 1. The smallest absolute Gasteiger partial charge is 0.390 e. The quantitative estimate of drug-likeness (QED) is 0.114. The van der Waals surface area contributed by atoms with Crippen molar-refractivity contribution in [1.29, 1.82) is 5.41 Å². The van der Waals surface area contributed by atoms with E-state index in [1.54, 1.807) is 32.3 Å². The zero-order valence-electron chi connectivity index (χ0n) is 23.8. The number of hydrogen-bond donors (Lipinski definition) is 6. The number of aryl methyl sites for hydroxylation is 1. The van der Waals surface area contributed by atoms with Gasteiger partial charge in [-0.3, -0.25) is 4.79 Å². The van der Waals surface area contributed by atoms with Crippen LogP contribution in [0.25, 0.3) is 0 Å². The number of rotatable bonds is 11. The van der Waals surface area contributed by atoms with Gasteiger partial charge in [0.15, 0.2) is 0 Å². The van der Waals surface area contributed by atoms with E-state index in [0.29, 0.717) is 35.9 Å². The van der Waals surface area contributed by atoms with Crippen LogP contribution in [-0.2, 0) is 12.7 Å². The van der Waals surface area contributed by atoms with Crippen molar-refractivity contribution in [2.45, 2.75) is 26.6 Å². The van der Waals surface area contributed by atoms with E-state index in [0.717, 1.165) is 23.5 Å². The minimum Gasteiger partial charge on any atom is -0.390 e. The van der Waals surface area contributed by atoms with Gasteiger partial charge in [-0.2, -0.15) is 13.2 Å². The summed E-state index contributed by atoms with van der Waals surface area (Å²) in [6.07, 6.45) is -0.356. The maximum absolute atomic E-state index is 13.7. The van der Waals surface area contributed by atoms with Gasteiger partial charge in [-0.1, -0.05) is 24.0 Å². The number of nitrogens with one attached hydrogen (secondary N) is 6. The van der Waals surface area contributed by atoms with E-state index in [2.05, 4.69) is 48.4 Å². The van der Waals surface area contributed by atoms with Crippen LogP contribution < -0.4 is 26.6 Å². The van der Waals surface area contributed by atoms with Gasteiger partial charge in [0, 0.05) is 67.8 Å². The third-order valence-corrected chi connectivity index (χ3v) is 6.20. The monoisotopic (exact) mass is 578 g/mol. The van der Waals surface area contributed by atoms with Crippen LogP contribution in [0.4, 0.5) is 24.8 Å². The number of nitrogens with zero attached hydrogens (tertiary/aromatic N) is 2. The molecule has 42 heavy (non-hydrogen) atoms. The predicted octanol–water partition coefficient (Wildman–Crippen LogP) is 4.28. The molecular formula is C30H33F3N8O. The summed E-state index contributed by atoms with van der Waals surface area (Å²) in [5, 5.41) is 21.9. The standard InChI is InChI=1S/C30H33F3N8O/c1-19-5-7-23(13-22(19)8-6-21-16-38-29(39-17-21)41-27(15-34)20(2)36-4)28(42)40-25-10-9-24(18-37-12-11-35-3)26(14-25)30(31,32)33/h5,7,9-10,13-17,34-37H,11-12,18H2,1-4H3,(H,40,42)(H,38,39,41)/b27-20+,34-15?. The maximum Gasteiger partial charge on any atom is 0.416 e. The lowest BCUT2D eigenvalue weighted by Crippen LogP contribution is -2.25. The molecule has 1 heterocycles. The summed E-state index contributed by atoms with van der Waals surface area (Å²) < 4.78 is 41.2. The van der Waals surface area contributed by atoms with Crippen molar-refractivity contribution < 1.29 is 18.0 Å². The van der Waals surface area contributed by atoms with Crippen molar-refractivity contribution in [2.75, 3.05) is 37.8 Å². The predicted molar refractivity (Wildman–Crippen MR) is 158 cm³/mol. The molecule has 1 aromatic heterocycles. The lowest BCUT2D eigenvalue weighted by molar-refractivity contribution is -0.138. The van der Waals surface area contributed by atoms with Gasteiger partial charge in [0.2, 0.25) is 5.95 Å². The second kappa shape index (κ2) is 14.8. The molecule has 0 unspecified atom stereocenters. The van der Waals surface area contributed by atoms with E-state index in [9.17, 15) is 18.0 Å². The van der Waals surface area contributed by atoms with Crippen LogP contribution >= 0.6 is 0 Å². The molecule has 0 saturated heterocycles. The molecule has 0 spiro atoms. The Morgan fingerprint density at radius 2 is 1.76 bits per heavy atom. The minimum atomic E-state index is -4.57. The number of alkyl halides is 3. The Bertz CT molecular complexity index is 1510. The van der Waals surface area contributed by atoms with E-state index in [1.807, 2.05) is 13.8 Å². The Balaban J connectivity index is 1.76. The van der Waals surface area contributed by atoms with E-state index in [-0.39, 0.29) is 23.4 Å². The fraction of sp³-hybridized carbons (Fsp3) is 0.267. The first-order valence-electron chi connectivity index (χ1n) is 13.0. The first-order valence-corrected chi connectivity index (χ1v) is 13.0. The van der Waals surface area contributed by atoms with E-state index in [1.165, 1.54) is 24.5 Å². The normalized spacial score (nSPS) is 11.6. The highest BCUT2D eigenvalue weighted by Gasteiger charge is 2.33. The Kier molecular flexibility index (Phi) is 11.2. The summed E-state index contributed by atoms with van der Waals surface area (Å²) in [5.74, 6) is 5.71. The number of likely N-dealkylation sites (N-methyl/N-ethyl adjacent to an activating group) is 1. The fourth-order valence-corrected chi connectivity index (χ4v) is 3.70. The molecule has 0 bridgehead atoms. The molecule has 12 heteroatoms. The fourth-order valence-electron chi connectivity index (χ4n) is 3.70. The second-order valence-corrected chi connectivity index (χ2v) is 9.24. The van der Waals surface area contributed by atoms with Crippen molar-refractivity contribution in [3.63, 3.8) is 0 Å². The van der Waals surface area contributed by atoms with Crippen LogP contribution in [0, 0.1) is 24.2 Å². The van der Waals surface area contributed by atoms with Crippen LogP contribution in [-0.4, -0.2) is 49.3 Å². The summed E-state index contributed by atoms with van der Waals surface area (Å²) in [6.45, 7) is 4.83. The van der Waals surface area contributed by atoms with Crippen molar-refractivity contribution in [1.82, 2.24) is 25.9 Å². The Labute approximate surface area is 242 Å². The average molecular weight is 579 g/mol. The highest BCUT2D eigenvalue weighted by Crippen LogP contribution is 2.34. The summed E-state index contributed by atoms with van der Waals surface area (Å²) in [6, 6.07) is 8.66. The van der Waals surface area contributed by atoms with Gasteiger partial charge in [-0.05, 0) is 56.3 Å². The Hall–Kier alpha value is -4.73. The molecule has 2 aromatic carbocycles. The summed E-state index contributed by atoms with van der Waals surface area (Å²) in [5.41, 5.74) is 2.76. The third kappa shape index (κ3) is 8.89. The number of hydrogen-bond acceptors (Lipinski definition) is 8. The molecule has 220 valence electrons. The van der Waals surface area contributed by atoms with Gasteiger partial charge >= 0.3 is 6.18 Å². The van der Waals surface area contributed by atoms with Crippen LogP contribution in [0.1, 0.15) is 45.1 Å². The highest BCUT2D eigenvalue weighted by molar-refractivity contribution is 6.04. The first-order chi connectivity index (χ1) is 20.0. The van der Waals surface area contributed by atoms with Gasteiger partial charge in [0.25, 0.3) is 5.91 Å². The highest BCUT2D eigenvalue weighted by atomic mass is 19.4. The Morgan fingerprint density at radius 3 is 2.40 bits per heavy atom. The molecule has 3 aromatic rings. The molecule has 0 fully saturated rings. The van der Waals surface area contributed by atoms with E-state index in [4.69, 9.17) is 5.41 Å². The molecule has 1 amide bonds. The topological polar surface area (TPSA) is 127 Å². The van der Waals surface area contributed by atoms with Gasteiger partial charge in [-0.15, -0.1) is 0 Å². The van der Waals surface area contributed by atoms with E-state index >= 15 is 0 Å². The second-order valence-electron chi connectivity index (χ2n) is 9.24. The number of halogens is 3. The SMILES string of the molecule is CNCCNCc1ccc(NC(=O)c2ccc(C)c(C#Cc3cnc(N/C(C=N)=C(\C)NC)nc3)c2)cc1C(F)(F)F. The lowest BCUT2D eigenvalue weighted by Gasteiger charge is -2.16. The molecule has 6 N–H and O–H groups in total. The van der Waals surface area contributed by atoms with Crippen molar-refractivity contribution >= 4 is 23.8 Å². The first kappa shape index (κ1) is 31.8. The molecule has 3 rings (SSSR count). The number of carbonyl (C=O) groups is 1. The molecule has 0 aliphatic heterocycles. The van der Waals surface area contributed by atoms with Crippen molar-refractivity contribution in [3.8, 4) is 11.8 Å². The average Bonchev–Trinajstić information content (AvgIpc) is 2.97. The van der Waals surface area contributed by atoms with Gasteiger partial charge < -0.3 is 32.0 Å². The number of carbonyl (C=O) groups excluding carboxylic acids is 1. The van der Waals surface area contributed by atoms with Crippen LogP contribution in [0.5, 0.6) is 0 Å². The zero-order valence-corrected chi connectivity index (χ0v) is 23.8. The molecule has 0 aliphatic rings. The number of benzene rings is 2. The largest absolute Gasteiger partial charge is 0.416 e. The minimum absolute atomic E-state index is 0.0382. The van der Waals surface area contributed by atoms with Gasteiger partial charge in [0.05, 0.1) is 16.8 Å². The number of aromatic nitrogens is 2. The number of anilines is 2. The molecule has 9 nitrogen and oxygen atoms in total. The molecule has 0 radical (unpaired) electrons. The molecular weight excluding hydrogens is 545 g/mol. The van der Waals surface area contributed by atoms with Crippen molar-refractivity contribution in [2.24, 2.45) is 0 Å². The zero-order chi connectivity index (χ0) is 30.7. The van der Waals surface area contributed by atoms with Crippen LogP contribution in [0.15, 0.2) is 60.2 Å². The van der Waals surface area contributed by atoms with Crippen molar-refractivity contribution in [3.05, 3.63) is 93.6 Å². The Morgan fingerprint density at radius 1 is 1.02 bits per heavy atom. The van der Waals surface area contributed by atoms with Crippen LogP contribution in [0.2, 0.25) is 0 Å². The summed E-state index contributed by atoms with van der Waals surface area (Å²) in [4.78, 5) is 21.4. The molecule has 0 saturated carbocycles. The van der Waals surface area contributed by atoms with Crippen LogP contribution in [0.3, 0.4) is 0 Å². The molecule has 0 atom stereocenters. The summed E-state index contributed by atoms with van der Waals surface area (Å²) in [7, 11) is 3.51. The van der Waals surface area contributed by atoms with E-state index < -0.39 is 17.6 Å². The molecule has 0 aliphatic carbocycles. The van der Waals surface area contributed by atoms with Gasteiger partial charge in [-0.25, -0.2) is 9.97 Å².